The van der Waals surface area contributed by atoms with Gasteiger partial charge in [-0.1, -0.05) is 0 Å². The van der Waals surface area contributed by atoms with Crippen LogP contribution in [-0.2, 0) is 0 Å². The second-order valence-electron chi connectivity index (χ2n) is 5.48. The maximum absolute atomic E-state index is 12.6. The van der Waals surface area contributed by atoms with Gasteiger partial charge in [-0.2, -0.15) is 0 Å². The lowest BCUT2D eigenvalue weighted by Gasteiger charge is -2.37. The average molecular weight is 249 g/mol. The van der Waals surface area contributed by atoms with Gasteiger partial charge in [0.25, 0.3) is 5.91 Å². The van der Waals surface area contributed by atoms with Crippen LogP contribution in [0.4, 0.5) is 0 Å². The topological polar surface area (TPSA) is 72.4 Å². The van der Waals surface area contributed by atoms with Gasteiger partial charge in [-0.25, -0.2) is 4.98 Å². The summed E-state index contributed by atoms with van der Waals surface area (Å²) in [5, 5.41) is 0. The Hall–Kier alpha value is -1.36. The summed E-state index contributed by atoms with van der Waals surface area (Å²) in [6.45, 7) is 3.59. The van der Waals surface area contributed by atoms with E-state index < -0.39 is 0 Å². The molecule has 2 bridgehead atoms. The van der Waals surface area contributed by atoms with Crippen LogP contribution in [0.15, 0.2) is 4.42 Å². The van der Waals surface area contributed by atoms with Crippen LogP contribution in [0.5, 0.6) is 0 Å². The molecule has 1 aromatic heterocycles. The predicted octanol–water partition coefficient (Wildman–Crippen LogP) is 1.39. The van der Waals surface area contributed by atoms with Gasteiger partial charge in [0, 0.05) is 25.0 Å². The van der Waals surface area contributed by atoms with Gasteiger partial charge in [-0.3, -0.25) is 4.79 Å². The Morgan fingerprint density at radius 3 is 2.44 bits per heavy atom. The second-order valence-corrected chi connectivity index (χ2v) is 5.48. The molecule has 5 heteroatoms. The van der Waals surface area contributed by atoms with Crippen molar-refractivity contribution in [3.05, 3.63) is 17.3 Å². The van der Waals surface area contributed by atoms with Gasteiger partial charge in [-0.05, 0) is 32.6 Å². The third kappa shape index (κ3) is 1.73. The zero-order valence-corrected chi connectivity index (χ0v) is 10.8. The number of rotatable bonds is 1. The molecule has 2 saturated heterocycles. The highest BCUT2D eigenvalue weighted by atomic mass is 16.4. The number of hydrogen-bond donors (Lipinski definition) is 1. The molecule has 2 N–H and O–H groups in total. The Balaban J connectivity index is 1.88. The van der Waals surface area contributed by atoms with Gasteiger partial charge in [0.2, 0.25) is 5.76 Å². The van der Waals surface area contributed by atoms with Crippen molar-refractivity contribution in [2.45, 2.75) is 57.7 Å². The smallest absolute Gasteiger partial charge is 0.292 e. The zero-order valence-electron chi connectivity index (χ0n) is 10.8. The van der Waals surface area contributed by atoms with Crippen LogP contribution < -0.4 is 5.73 Å². The van der Waals surface area contributed by atoms with E-state index in [1.807, 2.05) is 11.8 Å². The maximum Gasteiger partial charge on any atom is 0.292 e. The number of piperidine rings is 1. The quantitative estimate of drug-likeness (QED) is 0.816. The summed E-state index contributed by atoms with van der Waals surface area (Å²) < 4.78 is 5.45. The minimum atomic E-state index is -0.00694. The summed E-state index contributed by atoms with van der Waals surface area (Å²) in [7, 11) is 0. The number of hydrogen-bond acceptors (Lipinski definition) is 4. The van der Waals surface area contributed by atoms with E-state index in [1.54, 1.807) is 6.92 Å². The number of carbonyl (C=O) groups excluding carboxylic acids is 1. The lowest BCUT2D eigenvalue weighted by molar-refractivity contribution is 0.0540. The lowest BCUT2D eigenvalue weighted by atomic mass is 9.98. The van der Waals surface area contributed by atoms with Crippen LogP contribution in [0.2, 0.25) is 0 Å². The molecule has 5 nitrogen and oxygen atoms in total. The summed E-state index contributed by atoms with van der Waals surface area (Å²) in [4.78, 5) is 18.7. The number of oxazole rings is 1. The number of nitrogens with zero attached hydrogens (tertiary/aromatic N) is 2. The fourth-order valence-electron chi connectivity index (χ4n) is 3.40. The molecule has 18 heavy (non-hydrogen) atoms. The van der Waals surface area contributed by atoms with E-state index in [9.17, 15) is 4.79 Å². The largest absolute Gasteiger partial charge is 0.436 e. The highest BCUT2D eigenvalue weighted by Gasteiger charge is 2.43. The summed E-state index contributed by atoms with van der Waals surface area (Å²) in [6, 6.07) is 0.816. The van der Waals surface area contributed by atoms with Crippen LogP contribution in [-0.4, -0.2) is 33.9 Å². The SMILES string of the molecule is Cc1nc(C)c(C(=O)N2C3CCC2CC(N)C3)o1. The summed E-state index contributed by atoms with van der Waals surface area (Å²) in [5.74, 6) is 0.948. The van der Waals surface area contributed by atoms with E-state index in [0.29, 0.717) is 17.3 Å². The minimum absolute atomic E-state index is 0.00694. The first-order chi connectivity index (χ1) is 8.56. The number of nitrogens with two attached hydrogens (primary N) is 1. The van der Waals surface area contributed by atoms with Gasteiger partial charge < -0.3 is 15.1 Å². The normalized spacial score (nSPS) is 30.8. The molecule has 2 atom stereocenters. The summed E-state index contributed by atoms with van der Waals surface area (Å²) >= 11 is 0. The van der Waals surface area contributed by atoms with E-state index in [1.165, 1.54) is 0 Å². The van der Waals surface area contributed by atoms with Crippen molar-refractivity contribution >= 4 is 5.91 Å². The van der Waals surface area contributed by atoms with Gasteiger partial charge in [0.05, 0.1) is 5.69 Å². The van der Waals surface area contributed by atoms with Gasteiger partial charge in [0.15, 0.2) is 5.89 Å². The van der Waals surface area contributed by atoms with E-state index >= 15 is 0 Å². The molecule has 0 radical (unpaired) electrons. The summed E-state index contributed by atoms with van der Waals surface area (Å²) in [5.41, 5.74) is 6.70. The Morgan fingerprint density at radius 1 is 1.33 bits per heavy atom. The average Bonchev–Trinajstić information content (AvgIpc) is 2.76. The Kier molecular flexibility index (Phi) is 2.66. The first-order valence-electron chi connectivity index (χ1n) is 6.58. The van der Waals surface area contributed by atoms with Crippen molar-refractivity contribution < 1.29 is 9.21 Å². The fraction of sp³-hybridized carbons (Fsp3) is 0.692. The van der Waals surface area contributed by atoms with E-state index in [2.05, 4.69) is 4.98 Å². The van der Waals surface area contributed by atoms with Crippen LogP contribution in [0, 0.1) is 13.8 Å². The first kappa shape index (κ1) is 11.7. The number of aromatic nitrogens is 1. The molecule has 3 heterocycles. The third-order valence-electron chi connectivity index (χ3n) is 4.10. The van der Waals surface area contributed by atoms with Gasteiger partial charge in [-0.15, -0.1) is 0 Å². The van der Waals surface area contributed by atoms with Crippen molar-refractivity contribution in [1.82, 2.24) is 9.88 Å². The van der Waals surface area contributed by atoms with Crippen LogP contribution in [0.1, 0.15) is 47.8 Å². The molecule has 2 unspecified atom stereocenters. The molecule has 0 saturated carbocycles. The van der Waals surface area contributed by atoms with Crippen LogP contribution in [0.25, 0.3) is 0 Å². The Morgan fingerprint density at radius 2 is 1.94 bits per heavy atom. The van der Waals surface area contributed by atoms with Crippen molar-refractivity contribution in [2.75, 3.05) is 0 Å². The van der Waals surface area contributed by atoms with Crippen LogP contribution in [0.3, 0.4) is 0 Å². The molecule has 0 aliphatic carbocycles. The third-order valence-corrected chi connectivity index (χ3v) is 4.10. The number of fused-ring (bicyclic) bond motifs is 2. The molecule has 1 aromatic rings. The molecular formula is C13H19N3O2. The van der Waals surface area contributed by atoms with Crippen molar-refractivity contribution in [2.24, 2.45) is 5.73 Å². The summed E-state index contributed by atoms with van der Waals surface area (Å²) in [6.07, 6.45) is 3.95. The minimum Gasteiger partial charge on any atom is -0.436 e. The number of carbonyl (C=O) groups is 1. The molecule has 0 spiro atoms. The highest BCUT2D eigenvalue weighted by molar-refractivity contribution is 5.93. The molecule has 98 valence electrons. The molecule has 0 aromatic carbocycles. The lowest BCUT2D eigenvalue weighted by Crippen LogP contribution is -2.50. The van der Waals surface area contributed by atoms with E-state index in [-0.39, 0.29) is 24.0 Å². The van der Waals surface area contributed by atoms with Gasteiger partial charge in [0.1, 0.15) is 0 Å². The van der Waals surface area contributed by atoms with Crippen LogP contribution >= 0.6 is 0 Å². The second kappa shape index (κ2) is 4.09. The molecule has 2 fully saturated rings. The monoisotopic (exact) mass is 249 g/mol. The van der Waals surface area contributed by atoms with Gasteiger partial charge >= 0.3 is 0 Å². The van der Waals surface area contributed by atoms with Crippen molar-refractivity contribution in [3.8, 4) is 0 Å². The zero-order chi connectivity index (χ0) is 12.9. The van der Waals surface area contributed by atoms with E-state index in [0.717, 1.165) is 25.7 Å². The molecule has 1 amide bonds. The molecule has 2 aliphatic rings. The highest BCUT2D eigenvalue weighted by Crippen LogP contribution is 2.36. The number of amides is 1. The van der Waals surface area contributed by atoms with Crippen molar-refractivity contribution in [3.63, 3.8) is 0 Å². The maximum atomic E-state index is 12.6. The molecule has 3 rings (SSSR count). The fourth-order valence-corrected chi connectivity index (χ4v) is 3.40. The Labute approximate surface area is 106 Å². The Bertz CT molecular complexity index is 469. The first-order valence-corrected chi connectivity index (χ1v) is 6.58. The standard InChI is InChI=1S/C13H19N3O2/c1-7-12(18-8(2)15-7)13(17)16-10-3-4-11(16)6-9(14)5-10/h9-11H,3-6,14H2,1-2H3. The molecular weight excluding hydrogens is 230 g/mol. The van der Waals surface area contributed by atoms with E-state index in [4.69, 9.17) is 10.2 Å². The predicted molar refractivity (Wildman–Crippen MR) is 66.2 cm³/mol. The molecule has 2 aliphatic heterocycles. The van der Waals surface area contributed by atoms with Crippen molar-refractivity contribution in [1.29, 1.82) is 0 Å². The number of aryl methyl sites for hydroxylation is 2.